The van der Waals surface area contributed by atoms with Gasteiger partial charge in [0.25, 0.3) is 0 Å². The number of aromatic nitrogens is 4. The topological polar surface area (TPSA) is 105 Å². The van der Waals surface area contributed by atoms with Gasteiger partial charge >= 0.3 is 205 Å². The van der Waals surface area contributed by atoms with Crippen LogP contribution in [0.25, 0.3) is 15.9 Å². The molecule has 1 aliphatic heterocycles. The normalized spacial score (nSPS) is 22.3. The molecule has 1 saturated heterocycles. The molecule has 3 aromatic heterocycles. The number of fused-ring (bicyclic) bond motifs is 1. The van der Waals surface area contributed by atoms with E-state index in [9.17, 15) is 21.6 Å². The molecule has 2 N–H and O–H groups in total. The standard InChI is InChI=1S/C20H23F4N7O2SSe/c1-10-7-30(8-11(2)26-10)12-5-14(34(32,33)29-20(9-21)3-4-20)16(24)31-13(12)6-25-17(31)19-28-27-18(35-19)15(22)23/h5-6,10-11,15,26,29H,3-4,7-9H2,1-2H3/t10-,11-/m0/s1. The van der Waals surface area contributed by atoms with Gasteiger partial charge in [-0.2, -0.15) is 0 Å². The van der Waals surface area contributed by atoms with Gasteiger partial charge in [0.2, 0.25) is 0 Å². The number of sulfonamides is 1. The van der Waals surface area contributed by atoms with E-state index in [0.29, 0.717) is 31.6 Å². The predicted molar refractivity (Wildman–Crippen MR) is 121 cm³/mol. The summed E-state index contributed by atoms with van der Waals surface area (Å²) in [7, 11) is -4.46. The van der Waals surface area contributed by atoms with Gasteiger partial charge in [-0.25, -0.2) is 0 Å². The Kier molecular flexibility index (Phi) is 6.19. The van der Waals surface area contributed by atoms with Crippen LogP contribution in [0.4, 0.5) is 23.2 Å². The molecule has 35 heavy (non-hydrogen) atoms. The van der Waals surface area contributed by atoms with E-state index in [2.05, 4.69) is 25.2 Å². The maximum atomic E-state index is 15.9. The number of halogens is 4. The zero-order chi connectivity index (χ0) is 25.1. The fraction of sp³-hybridized carbons (Fsp3) is 0.550. The fourth-order valence-electron chi connectivity index (χ4n) is 4.38. The van der Waals surface area contributed by atoms with E-state index >= 15 is 4.39 Å². The third kappa shape index (κ3) is 4.48. The molecule has 1 aliphatic carbocycles. The van der Waals surface area contributed by atoms with Crippen LogP contribution in [-0.4, -0.2) is 79.9 Å². The SMILES string of the molecule is C[C@H]1CN(c2cc(S(=O)(=O)NC3(CF)CC3)c(F)n3c(-c4nnc(C(F)F)[se]4)ncc23)C[C@H](C)N1. The molecule has 2 fully saturated rings. The Bertz CT molecular complexity index is 1370. The van der Waals surface area contributed by atoms with Crippen molar-refractivity contribution in [1.82, 2.24) is 29.6 Å². The molecule has 0 amide bonds. The van der Waals surface area contributed by atoms with Crippen LogP contribution in [0, 0.1) is 5.95 Å². The first-order chi connectivity index (χ1) is 16.5. The van der Waals surface area contributed by atoms with E-state index in [-0.39, 0.29) is 28.0 Å². The van der Waals surface area contributed by atoms with Crippen molar-refractivity contribution in [2.24, 2.45) is 0 Å². The van der Waals surface area contributed by atoms with Gasteiger partial charge in [0.05, 0.1) is 0 Å². The van der Waals surface area contributed by atoms with Crippen LogP contribution in [0.2, 0.25) is 0 Å². The van der Waals surface area contributed by atoms with Gasteiger partial charge in [-0.3, -0.25) is 0 Å². The van der Waals surface area contributed by atoms with Crippen molar-refractivity contribution in [3.63, 3.8) is 0 Å². The molecular formula is C20H23F4N7O2SSe. The van der Waals surface area contributed by atoms with E-state index in [1.807, 2.05) is 18.7 Å². The summed E-state index contributed by atoms with van der Waals surface area (Å²) >= 11 is -1.00. The summed E-state index contributed by atoms with van der Waals surface area (Å²) < 4.78 is 85.1. The van der Waals surface area contributed by atoms with Gasteiger partial charge in [0, 0.05) is 0 Å². The Hall–Kier alpha value is -2.06. The van der Waals surface area contributed by atoms with Gasteiger partial charge < -0.3 is 0 Å². The van der Waals surface area contributed by atoms with Crippen LogP contribution >= 0.6 is 0 Å². The number of imidazole rings is 1. The molecule has 4 heterocycles. The Morgan fingerprint density at radius 2 is 1.94 bits per heavy atom. The van der Waals surface area contributed by atoms with E-state index in [4.69, 9.17) is 0 Å². The average Bonchev–Trinajstić information content (AvgIpc) is 3.19. The van der Waals surface area contributed by atoms with Crippen LogP contribution in [0.3, 0.4) is 0 Å². The first kappa shape index (κ1) is 24.6. The molecule has 0 unspecified atom stereocenters. The molecule has 15 heteroatoms. The van der Waals surface area contributed by atoms with Crippen LogP contribution < -0.4 is 14.9 Å². The minimum absolute atomic E-state index is 0.0598. The van der Waals surface area contributed by atoms with Crippen LogP contribution in [0.5, 0.6) is 0 Å². The number of pyridine rings is 1. The number of nitrogens with zero attached hydrogens (tertiary/aromatic N) is 5. The van der Waals surface area contributed by atoms with Crippen LogP contribution in [-0.2, 0) is 10.0 Å². The van der Waals surface area contributed by atoms with Gasteiger partial charge in [-0.05, 0) is 0 Å². The molecule has 2 atom stereocenters. The number of nitrogens with one attached hydrogen (secondary N) is 2. The molecule has 0 bridgehead atoms. The maximum absolute atomic E-state index is 15.9. The van der Waals surface area contributed by atoms with Gasteiger partial charge in [-0.1, -0.05) is 0 Å². The fourth-order valence-corrected chi connectivity index (χ4v) is 7.34. The summed E-state index contributed by atoms with van der Waals surface area (Å²) in [5.41, 5.74) is -0.542. The van der Waals surface area contributed by atoms with Gasteiger partial charge in [0.15, 0.2) is 0 Å². The third-order valence-corrected chi connectivity index (χ3v) is 9.67. The summed E-state index contributed by atoms with van der Waals surface area (Å²) in [4.78, 5) is 5.48. The monoisotopic (exact) mass is 581 g/mol. The number of hydrogen-bond acceptors (Lipinski definition) is 7. The molecule has 190 valence electrons. The number of rotatable bonds is 7. The summed E-state index contributed by atoms with van der Waals surface area (Å²) in [6.45, 7) is 4.07. The summed E-state index contributed by atoms with van der Waals surface area (Å²) in [5, 5.41) is 10.7. The number of anilines is 1. The van der Waals surface area contributed by atoms with Crippen molar-refractivity contribution in [2.75, 3.05) is 24.7 Å². The van der Waals surface area contributed by atoms with Crippen molar-refractivity contribution >= 4 is 35.7 Å². The molecule has 0 radical (unpaired) electrons. The third-order valence-electron chi connectivity index (χ3n) is 6.16. The van der Waals surface area contributed by atoms with Crippen molar-refractivity contribution in [3.05, 3.63) is 22.8 Å². The second kappa shape index (κ2) is 8.80. The molecule has 3 aromatic rings. The first-order valence-corrected chi connectivity index (χ1v) is 14.2. The summed E-state index contributed by atoms with van der Waals surface area (Å²) in [5.74, 6) is -1.24. The second-order valence-corrected chi connectivity index (χ2v) is 12.9. The minimum atomic E-state index is -4.46. The quantitative estimate of drug-likeness (QED) is 0.250. The molecule has 1 saturated carbocycles. The molecular weight excluding hydrogens is 557 g/mol. The average molecular weight is 580 g/mol. The van der Waals surface area contributed by atoms with Crippen molar-refractivity contribution < 1.29 is 26.0 Å². The molecule has 5 rings (SSSR count). The molecule has 0 aromatic carbocycles. The number of alkyl halides is 3. The Labute approximate surface area is 204 Å². The first-order valence-electron chi connectivity index (χ1n) is 11.0. The summed E-state index contributed by atoms with van der Waals surface area (Å²) in [6, 6.07) is 1.37. The van der Waals surface area contributed by atoms with Crippen LogP contribution in [0.15, 0.2) is 17.2 Å². The van der Waals surface area contributed by atoms with E-state index in [1.54, 1.807) is 0 Å². The Balaban J connectivity index is 1.71. The van der Waals surface area contributed by atoms with Gasteiger partial charge in [0.1, 0.15) is 0 Å². The van der Waals surface area contributed by atoms with Crippen molar-refractivity contribution in [3.8, 4) is 10.4 Å². The van der Waals surface area contributed by atoms with E-state index in [1.165, 1.54) is 12.3 Å². The van der Waals surface area contributed by atoms with E-state index in [0.717, 1.165) is 4.40 Å². The zero-order valence-corrected chi connectivity index (χ0v) is 21.3. The Morgan fingerprint density at radius 1 is 1.26 bits per heavy atom. The predicted octanol–water partition coefficient (Wildman–Crippen LogP) is 1.89. The van der Waals surface area contributed by atoms with Crippen LogP contribution in [0.1, 0.15) is 37.7 Å². The molecule has 9 nitrogen and oxygen atoms in total. The van der Waals surface area contributed by atoms with E-state index < -0.39 is 58.6 Å². The molecule has 0 spiro atoms. The second-order valence-electron chi connectivity index (χ2n) is 9.13. The number of hydrogen-bond donors (Lipinski definition) is 2. The zero-order valence-electron chi connectivity index (χ0n) is 18.8. The van der Waals surface area contributed by atoms with Crippen molar-refractivity contribution in [2.45, 2.75) is 55.6 Å². The molecule has 2 aliphatic rings. The van der Waals surface area contributed by atoms with Crippen molar-refractivity contribution in [1.29, 1.82) is 0 Å². The number of piperazine rings is 1. The Morgan fingerprint density at radius 3 is 2.51 bits per heavy atom. The van der Waals surface area contributed by atoms with Gasteiger partial charge in [-0.15, -0.1) is 0 Å². The summed E-state index contributed by atoms with van der Waals surface area (Å²) in [6.07, 6.45) is -0.800.